The summed E-state index contributed by atoms with van der Waals surface area (Å²) in [5.74, 6) is -0.662. The number of carbonyl (C=O) groups excluding carboxylic acids is 1. The van der Waals surface area contributed by atoms with Crippen LogP contribution in [-0.4, -0.2) is 37.7 Å². The number of hydrogen-bond donors (Lipinski definition) is 1. The molecule has 0 fully saturated rings. The summed E-state index contributed by atoms with van der Waals surface area (Å²) in [7, 11) is -2.78. The average Bonchev–Trinajstić information content (AvgIpc) is 2.61. The van der Waals surface area contributed by atoms with Crippen molar-refractivity contribution in [3.63, 3.8) is 0 Å². The zero-order valence-electron chi connectivity index (χ0n) is 17.7. The highest BCUT2D eigenvalue weighted by atomic mass is 28.4. The van der Waals surface area contributed by atoms with Gasteiger partial charge in [0.1, 0.15) is 5.60 Å². The lowest BCUT2D eigenvalue weighted by molar-refractivity contribution is -0.166. The Morgan fingerprint density at radius 2 is 1.32 bits per heavy atom. The van der Waals surface area contributed by atoms with E-state index in [4.69, 9.17) is 9.16 Å². The van der Waals surface area contributed by atoms with Crippen LogP contribution in [0, 0.1) is 0 Å². The summed E-state index contributed by atoms with van der Waals surface area (Å²) < 4.78 is 11.9. The van der Waals surface area contributed by atoms with Gasteiger partial charge in [-0.15, -0.1) is 0 Å². The number of benzene rings is 2. The Labute approximate surface area is 169 Å². The number of esters is 1. The van der Waals surface area contributed by atoms with E-state index in [1.165, 1.54) is 0 Å². The van der Waals surface area contributed by atoms with Gasteiger partial charge in [0.15, 0.2) is 6.10 Å². The smallest absolute Gasteiger partial charge is 0.337 e. The number of aliphatic hydroxyl groups excluding tert-OH is 1. The van der Waals surface area contributed by atoms with E-state index in [0.717, 1.165) is 10.4 Å². The van der Waals surface area contributed by atoms with Crippen LogP contribution >= 0.6 is 0 Å². The molecule has 1 N–H and O–H groups in total. The standard InChI is InChI=1S/C23H32O4Si/c1-22(2,3)27-21(25)20(24)17-26-28(23(4,5)6,18-13-9-7-10-14-18)19-15-11-8-12-16-19/h7-16,20,24H,17H2,1-6H3/t20-/m1/s1. The van der Waals surface area contributed by atoms with Crippen molar-refractivity contribution >= 4 is 24.7 Å². The molecule has 152 valence electrons. The minimum Gasteiger partial charge on any atom is -0.458 e. The van der Waals surface area contributed by atoms with Gasteiger partial charge in [0.05, 0.1) is 6.61 Å². The van der Waals surface area contributed by atoms with Crippen LogP contribution in [0.4, 0.5) is 0 Å². The van der Waals surface area contributed by atoms with Crippen LogP contribution < -0.4 is 10.4 Å². The summed E-state index contributed by atoms with van der Waals surface area (Å²) in [6.07, 6.45) is -1.33. The van der Waals surface area contributed by atoms with Gasteiger partial charge in [-0.3, -0.25) is 0 Å². The highest BCUT2D eigenvalue weighted by Gasteiger charge is 2.50. The van der Waals surface area contributed by atoms with E-state index in [9.17, 15) is 9.90 Å². The van der Waals surface area contributed by atoms with Gasteiger partial charge in [0, 0.05) is 0 Å². The van der Waals surface area contributed by atoms with Gasteiger partial charge in [-0.1, -0.05) is 81.4 Å². The number of rotatable bonds is 6. The number of carbonyl (C=O) groups is 1. The van der Waals surface area contributed by atoms with Crippen molar-refractivity contribution in [3.05, 3.63) is 60.7 Å². The lowest BCUT2D eigenvalue weighted by Gasteiger charge is -2.43. The minimum absolute atomic E-state index is 0.109. The van der Waals surface area contributed by atoms with Crippen molar-refractivity contribution in [3.8, 4) is 0 Å². The summed E-state index contributed by atoms with van der Waals surface area (Å²) in [5.41, 5.74) is -0.657. The lowest BCUT2D eigenvalue weighted by atomic mass is 10.2. The van der Waals surface area contributed by atoms with Gasteiger partial charge in [-0.25, -0.2) is 4.79 Å². The molecule has 0 unspecified atom stereocenters. The Bertz CT molecular complexity index is 721. The quantitative estimate of drug-likeness (QED) is 0.597. The van der Waals surface area contributed by atoms with Crippen LogP contribution in [0.15, 0.2) is 60.7 Å². The zero-order valence-corrected chi connectivity index (χ0v) is 18.7. The van der Waals surface area contributed by atoms with Crippen molar-refractivity contribution in [2.45, 2.75) is 58.3 Å². The molecule has 0 saturated carbocycles. The van der Waals surface area contributed by atoms with Crippen LogP contribution in [0.3, 0.4) is 0 Å². The molecule has 0 spiro atoms. The maximum Gasteiger partial charge on any atom is 0.337 e. The molecule has 0 amide bonds. The Morgan fingerprint density at radius 3 is 1.68 bits per heavy atom. The fraction of sp³-hybridized carbons (Fsp3) is 0.435. The summed E-state index contributed by atoms with van der Waals surface area (Å²) in [6, 6.07) is 20.2. The molecule has 2 rings (SSSR count). The van der Waals surface area contributed by atoms with Crippen molar-refractivity contribution in [1.29, 1.82) is 0 Å². The fourth-order valence-corrected chi connectivity index (χ4v) is 7.97. The molecule has 0 saturated heterocycles. The average molecular weight is 401 g/mol. The van der Waals surface area contributed by atoms with Crippen LogP contribution in [0.25, 0.3) is 0 Å². The predicted octanol–water partition coefficient (Wildman–Crippen LogP) is 3.27. The maximum absolute atomic E-state index is 12.3. The van der Waals surface area contributed by atoms with Crippen molar-refractivity contribution in [2.24, 2.45) is 0 Å². The molecule has 5 heteroatoms. The molecule has 0 aliphatic heterocycles. The molecule has 0 aliphatic carbocycles. The number of ether oxygens (including phenoxy) is 1. The molecule has 0 radical (unpaired) electrons. The number of aliphatic hydroxyl groups is 1. The Kier molecular flexibility index (Phi) is 6.86. The molecule has 0 heterocycles. The Balaban J connectivity index is 2.43. The lowest BCUT2D eigenvalue weighted by Crippen LogP contribution is -2.67. The van der Waals surface area contributed by atoms with Gasteiger partial charge >= 0.3 is 5.97 Å². The first kappa shape index (κ1) is 22.3. The third kappa shape index (κ3) is 5.10. The normalized spacial score (nSPS) is 13.8. The first-order chi connectivity index (χ1) is 13.0. The molecule has 0 aromatic heterocycles. The molecule has 0 bridgehead atoms. The first-order valence-electron chi connectivity index (χ1n) is 9.63. The molecule has 1 atom stereocenters. The minimum atomic E-state index is -2.78. The maximum atomic E-state index is 12.3. The third-order valence-electron chi connectivity index (χ3n) is 4.55. The fourth-order valence-electron chi connectivity index (χ4n) is 3.40. The van der Waals surface area contributed by atoms with E-state index < -0.39 is 26.0 Å². The topological polar surface area (TPSA) is 55.8 Å². The molecule has 28 heavy (non-hydrogen) atoms. The third-order valence-corrected chi connectivity index (χ3v) is 9.56. The van der Waals surface area contributed by atoms with Gasteiger partial charge in [-0.2, -0.15) is 0 Å². The van der Waals surface area contributed by atoms with Crippen LogP contribution in [0.2, 0.25) is 5.04 Å². The van der Waals surface area contributed by atoms with Gasteiger partial charge in [0.2, 0.25) is 0 Å². The largest absolute Gasteiger partial charge is 0.458 e. The summed E-state index contributed by atoms with van der Waals surface area (Å²) in [5, 5.41) is 12.4. The van der Waals surface area contributed by atoms with E-state index in [1.54, 1.807) is 20.8 Å². The van der Waals surface area contributed by atoms with Crippen molar-refractivity contribution in [1.82, 2.24) is 0 Å². The van der Waals surface area contributed by atoms with Crippen molar-refractivity contribution in [2.75, 3.05) is 6.61 Å². The molecular formula is C23H32O4Si. The van der Waals surface area contributed by atoms with Crippen molar-refractivity contribution < 1.29 is 19.1 Å². The monoisotopic (exact) mass is 400 g/mol. The molecule has 2 aromatic rings. The highest BCUT2D eigenvalue weighted by molar-refractivity contribution is 6.99. The van der Waals surface area contributed by atoms with E-state index in [-0.39, 0.29) is 11.6 Å². The first-order valence-corrected chi connectivity index (χ1v) is 11.5. The van der Waals surface area contributed by atoms with Crippen LogP contribution in [0.5, 0.6) is 0 Å². The predicted molar refractivity (Wildman–Crippen MR) is 115 cm³/mol. The molecule has 2 aromatic carbocycles. The Morgan fingerprint density at radius 1 is 0.893 bits per heavy atom. The summed E-state index contributed by atoms with van der Waals surface area (Å²) in [6.45, 7) is 11.7. The molecule has 0 aliphatic rings. The van der Waals surface area contributed by atoms with Crippen LogP contribution in [-0.2, 0) is 14.0 Å². The highest BCUT2D eigenvalue weighted by Crippen LogP contribution is 2.36. The van der Waals surface area contributed by atoms with Gasteiger partial charge in [-0.05, 0) is 36.2 Å². The van der Waals surface area contributed by atoms with E-state index in [2.05, 4.69) is 45.0 Å². The second-order valence-corrected chi connectivity index (χ2v) is 13.3. The Hall–Kier alpha value is -1.95. The van der Waals surface area contributed by atoms with E-state index in [1.807, 2.05) is 36.4 Å². The second kappa shape index (κ2) is 8.60. The van der Waals surface area contributed by atoms with E-state index >= 15 is 0 Å². The van der Waals surface area contributed by atoms with Gasteiger partial charge < -0.3 is 14.3 Å². The van der Waals surface area contributed by atoms with E-state index in [0.29, 0.717) is 0 Å². The second-order valence-electron chi connectivity index (χ2n) is 9.02. The summed E-state index contributed by atoms with van der Waals surface area (Å²) in [4.78, 5) is 12.3. The van der Waals surface area contributed by atoms with Crippen LogP contribution in [0.1, 0.15) is 41.5 Å². The zero-order chi connectivity index (χ0) is 21.0. The number of hydrogen-bond acceptors (Lipinski definition) is 4. The molecular weight excluding hydrogens is 368 g/mol. The summed E-state index contributed by atoms with van der Waals surface area (Å²) >= 11 is 0. The molecule has 4 nitrogen and oxygen atoms in total. The van der Waals surface area contributed by atoms with Gasteiger partial charge in [0.25, 0.3) is 8.32 Å². The SMILES string of the molecule is CC(C)(C)OC(=O)[C@H](O)CO[Si](c1ccccc1)(c1ccccc1)C(C)(C)C.